The highest BCUT2D eigenvalue weighted by molar-refractivity contribution is 5.74. The van der Waals surface area contributed by atoms with Crippen molar-refractivity contribution in [3.8, 4) is 0 Å². The first kappa shape index (κ1) is 15.5. The summed E-state index contributed by atoms with van der Waals surface area (Å²) in [4.78, 5) is 16.4. The molecule has 0 aromatic heterocycles. The highest BCUT2D eigenvalue weighted by Crippen LogP contribution is 2.19. The third-order valence-corrected chi connectivity index (χ3v) is 4.16. The van der Waals surface area contributed by atoms with E-state index >= 15 is 0 Å². The number of ether oxygens (including phenoxy) is 1. The minimum atomic E-state index is 0.0245. The van der Waals surface area contributed by atoms with E-state index in [1.54, 1.807) is 0 Å². The monoisotopic (exact) mass is 285 g/mol. The van der Waals surface area contributed by atoms with E-state index in [-0.39, 0.29) is 18.7 Å². The average molecular weight is 285 g/mol. The van der Waals surface area contributed by atoms with Gasteiger partial charge in [-0.25, -0.2) is 4.79 Å². The first-order valence-electron chi connectivity index (χ1n) is 7.76. The maximum atomic E-state index is 12.2. The number of carbonyl (C=O) groups excluding carboxylic acids is 1. The van der Waals surface area contributed by atoms with Gasteiger partial charge in [0.05, 0.1) is 13.2 Å². The molecule has 2 aliphatic heterocycles. The molecule has 2 N–H and O–H groups in total. The van der Waals surface area contributed by atoms with E-state index < -0.39 is 0 Å². The number of nitrogens with one attached hydrogen (secondary N) is 1. The molecule has 0 aromatic carbocycles. The molecule has 0 aliphatic carbocycles. The molecule has 1 unspecified atom stereocenters. The van der Waals surface area contributed by atoms with Gasteiger partial charge in [0.15, 0.2) is 0 Å². The molecule has 0 aromatic rings. The first-order chi connectivity index (χ1) is 9.81. The lowest BCUT2D eigenvalue weighted by atomic mass is 10.0. The van der Waals surface area contributed by atoms with Crippen molar-refractivity contribution in [1.82, 2.24) is 15.1 Å². The Hall–Kier alpha value is -0.850. The number of morpholine rings is 1. The number of aliphatic hydroxyl groups excluding tert-OH is 1. The molecule has 0 bridgehead atoms. The normalized spacial score (nSPS) is 24.6. The molecule has 1 atom stereocenters. The lowest BCUT2D eigenvalue weighted by Gasteiger charge is -2.35. The van der Waals surface area contributed by atoms with Gasteiger partial charge < -0.3 is 20.1 Å². The molecular weight excluding hydrogens is 258 g/mol. The molecule has 2 rings (SSSR count). The molecule has 2 aliphatic rings. The van der Waals surface area contributed by atoms with E-state index in [9.17, 15) is 4.79 Å². The van der Waals surface area contributed by atoms with Crippen LogP contribution >= 0.6 is 0 Å². The van der Waals surface area contributed by atoms with Crippen LogP contribution in [0.25, 0.3) is 0 Å². The average Bonchev–Trinajstić information content (AvgIpc) is 2.49. The van der Waals surface area contributed by atoms with Crippen LogP contribution in [0, 0.1) is 0 Å². The van der Waals surface area contributed by atoms with Crippen LogP contribution in [-0.4, -0.2) is 79.5 Å². The third-order valence-electron chi connectivity index (χ3n) is 4.16. The highest BCUT2D eigenvalue weighted by atomic mass is 16.5. The maximum Gasteiger partial charge on any atom is 0.317 e. The molecule has 20 heavy (non-hydrogen) atoms. The standard InChI is InChI=1S/C14H27N3O3/c18-10-4-13-3-1-2-6-17(13)14(19)15-5-7-16-8-11-20-12-9-16/h13,18H,1-12H2,(H,15,19). The van der Waals surface area contributed by atoms with E-state index in [4.69, 9.17) is 9.84 Å². The second-order valence-corrected chi connectivity index (χ2v) is 5.54. The smallest absolute Gasteiger partial charge is 0.317 e. The van der Waals surface area contributed by atoms with E-state index in [1.807, 2.05) is 4.90 Å². The topological polar surface area (TPSA) is 65.0 Å². The van der Waals surface area contributed by atoms with Crippen molar-refractivity contribution < 1.29 is 14.6 Å². The Bertz CT molecular complexity index is 293. The van der Waals surface area contributed by atoms with Crippen molar-refractivity contribution in [2.24, 2.45) is 0 Å². The van der Waals surface area contributed by atoms with E-state index in [0.29, 0.717) is 13.0 Å². The molecule has 6 nitrogen and oxygen atoms in total. The second-order valence-electron chi connectivity index (χ2n) is 5.54. The summed E-state index contributed by atoms with van der Waals surface area (Å²) >= 11 is 0. The number of rotatable bonds is 5. The summed E-state index contributed by atoms with van der Waals surface area (Å²) in [5.41, 5.74) is 0. The zero-order valence-corrected chi connectivity index (χ0v) is 12.2. The predicted octanol–water partition coefficient (Wildman–Crippen LogP) is 0.265. The number of piperidine rings is 1. The first-order valence-corrected chi connectivity index (χ1v) is 7.76. The van der Waals surface area contributed by atoms with Crippen LogP contribution in [0.5, 0.6) is 0 Å². The molecule has 2 saturated heterocycles. The Morgan fingerprint density at radius 1 is 1.25 bits per heavy atom. The van der Waals surface area contributed by atoms with Gasteiger partial charge in [0.2, 0.25) is 0 Å². The molecule has 116 valence electrons. The van der Waals surface area contributed by atoms with Crippen molar-refractivity contribution in [2.45, 2.75) is 31.7 Å². The fourth-order valence-electron chi connectivity index (χ4n) is 2.96. The minimum absolute atomic E-state index is 0.0245. The van der Waals surface area contributed by atoms with Gasteiger partial charge in [0.25, 0.3) is 0 Å². The molecular formula is C14H27N3O3. The van der Waals surface area contributed by atoms with Gasteiger partial charge in [-0.1, -0.05) is 0 Å². The minimum Gasteiger partial charge on any atom is -0.396 e. The Balaban J connectivity index is 1.69. The molecule has 2 heterocycles. The summed E-state index contributed by atoms with van der Waals surface area (Å²) in [5.74, 6) is 0. The molecule has 0 saturated carbocycles. The highest BCUT2D eigenvalue weighted by Gasteiger charge is 2.25. The third kappa shape index (κ3) is 4.61. The van der Waals surface area contributed by atoms with Gasteiger partial charge in [-0.3, -0.25) is 4.90 Å². The number of aliphatic hydroxyl groups is 1. The van der Waals surface area contributed by atoms with Gasteiger partial charge in [-0.2, -0.15) is 0 Å². The maximum absolute atomic E-state index is 12.2. The quantitative estimate of drug-likeness (QED) is 0.761. The molecule has 0 spiro atoms. The summed E-state index contributed by atoms with van der Waals surface area (Å²) in [5, 5.41) is 12.1. The van der Waals surface area contributed by atoms with Crippen molar-refractivity contribution in [1.29, 1.82) is 0 Å². The Labute approximate surface area is 121 Å². The molecule has 2 fully saturated rings. The summed E-state index contributed by atoms with van der Waals surface area (Å²) in [6.07, 6.45) is 3.93. The molecule has 2 amide bonds. The summed E-state index contributed by atoms with van der Waals surface area (Å²) in [6.45, 7) is 6.02. The number of urea groups is 1. The number of nitrogens with zero attached hydrogens (tertiary/aromatic N) is 2. The van der Waals surface area contributed by atoms with Crippen LogP contribution in [0.4, 0.5) is 4.79 Å². The van der Waals surface area contributed by atoms with Crippen molar-refractivity contribution >= 4 is 6.03 Å². The fraction of sp³-hybridized carbons (Fsp3) is 0.929. The summed E-state index contributed by atoms with van der Waals surface area (Å²) in [6, 6.07) is 0.230. The number of amides is 2. The number of hydrogen-bond acceptors (Lipinski definition) is 4. The van der Waals surface area contributed by atoms with Crippen LogP contribution in [0.2, 0.25) is 0 Å². The van der Waals surface area contributed by atoms with E-state index in [0.717, 1.165) is 58.7 Å². The van der Waals surface area contributed by atoms with Gasteiger partial charge >= 0.3 is 6.03 Å². The van der Waals surface area contributed by atoms with Crippen LogP contribution in [-0.2, 0) is 4.74 Å². The van der Waals surface area contributed by atoms with Crippen molar-refractivity contribution in [2.75, 3.05) is 52.5 Å². The van der Waals surface area contributed by atoms with Gasteiger partial charge in [0.1, 0.15) is 0 Å². The predicted molar refractivity (Wildman–Crippen MR) is 76.7 cm³/mol. The van der Waals surface area contributed by atoms with Crippen molar-refractivity contribution in [3.05, 3.63) is 0 Å². The second kappa shape index (κ2) is 8.44. The zero-order chi connectivity index (χ0) is 14.2. The van der Waals surface area contributed by atoms with Crippen LogP contribution < -0.4 is 5.32 Å². The van der Waals surface area contributed by atoms with Gasteiger partial charge in [0, 0.05) is 45.4 Å². The number of hydrogen-bond donors (Lipinski definition) is 2. The van der Waals surface area contributed by atoms with Crippen LogP contribution in [0.15, 0.2) is 0 Å². The number of carbonyl (C=O) groups is 1. The Morgan fingerprint density at radius 3 is 2.80 bits per heavy atom. The Morgan fingerprint density at radius 2 is 2.05 bits per heavy atom. The summed E-state index contributed by atoms with van der Waals surface area (Å²) < 4.78 is 5.30. The van der Waals surface area contributed by atoms with Gasteiger partial charge in [-0.05, 0) is 25.7 Å². The van der Waals surface area contributed by atoms with Crippen LogP contribution in [0.3, 0.4) is 0 Å². The SMILES string of the molecule is O=C(NCCN1CCOCC1)N1CCCCC1CCO. The van der Waals surface area contributed by atoms with Gasteiger partial charge in [-0.15, -0.1) is 0 Å². The van der Waals surface area contributed by atoms with Crippen molar-refractivity contribution in [3.63, 3.8) is 0 Å². The Kier molecular flexibility index (Phi) is 6.56. The molecule has 0 radical (unpaired) electrons. The van der Waals surface area contributed by atoms with E-state index in [2.05, 4.69) is 10.2 Å². The van der Waals surface area contributed by atoms with E-state index in [1.165, 1.54) is 0 Å². The lowest BCUT2D eigenvalue weighted by molar-refractivity contribution is 0.0384. The largest absolute Gasteiger partial charge is 0.396 e. The fourth-order valence-corrected chi connectivity index (χ4v) is 2.96. The molecule has 6 heteroatoms. The zero-order valence-electron chi connectivity index (χ0n) is 12.2. The van der Waals surface area contributed by atoms with Crippen LogP contribution in [0.1, 0.15) is 25.7 Å². The summed E-state index contributed by atoms with van der Waals surface area (Å²) in [7, 11) is 0. The number of likely N-dealkylation sites (tertiary alicyclic amines) is 1. The lowest BCUT2D eigenvalue weighted by Crippen LogP contribution is -2.50.